The lowest BCUT2D eigenvalue weighted by molar-refractivity contribution is -0.113. The predicted molar refractivity (Wildman–Crippen MR) is 125 cm³/mol. The molecule has 2 aromatic rings. The molecule has 6 nitrogen and oxygen atoms in total. The van der Waals surface area contributed by atoms with E-state index < -0.39 is 9.84 Å². The second-order valence-corrected chi connectivity index (χ2v) is 11.2. The maximum atomic E-state index is 12.4. The van der Waals surface area contributed by atoms with Crippen LogP contribution in [0.1, 0.15) is 11.1 Å². The van der Waals surface area contributed by atoms with Crippen molar-refractivity contribution in [1.82, 2.24) is 0 Å². The summed E-state index contributed by atoms with van der Waals surface area (Å²) in [6.45, 7) is 4.00. The van der Waals surface area contributed by atoms with E-state index in [1.807, 2.05) is 36.9 Å². The number of halogens is 1. The van der Waals surface area contributed by atoms with Gasteiger partial charge in [-0.1, -0.05) is 41.6 Å². The third-order valence-electron chi connectivity index (χ3n) is 5.17. The number of amidine groups is 1. The van der Waals surface area contributed by atoms with Crippen LogP contribution in [-0.2, 0) is 14.6 Å². The zero-order valence-electron chi connectivity index (χ0n) is 16.6. The van der Waals surface area contributed by atoms with Crippen LogP contribution >= 0.6 is 23.4 Å². The van der Waals surface area contributed by atoms with E-state index in [-0.39, 0.29) is 35.2 Å². The highest BCUT2D eigenvalue weighted by Crippen LogP contribution is 2.37. The first-order valence-corrected chi connectivity index (χ1v) is 12.7. The van der Waals surface area contributed by atoms with Crippen LogP contribution in [0.4, 0.5) is 11.4 Å². The summed E-state index contributed by atoms with van der Waals surface area (Å²) in [6, 6.07) is 12.6. The topological polar surface area (TPSA) is 78.8 Å². The number of carbonyl (C=O) groups excluding carboxylic acids is 1. The van der Waals surface area contributed by atoms with E-state index in [0.29, 0.717) is 15.9 Å². The third-order valence-corrected chi connectivity index (χ3v) is 8.07. The first-order valence-electron chi connectivity index (χ1n) is 9.55. The van der Waals surface area contributed by atoms with E-state index in [1.54, 1.807) is 24.3 Å². The number of hydrogen-bond donors (Lipinski definition) is 1. The molecule has 0 saturated carbocycles. The highest BCUT2D eigenvalue weighted by molar-refractivity contribution is 8.14. The number of benzene rings is 2. The van der Waals surface area contributed by atoms with E-state index in [2.05, 4.69) is 5.32 Å². The summed E-state index contributed by atoms with van der Waals surface area (Å²) in [7, 11) is -3.12. The summed E-state index contributed by atoms with van der Waals surface area (Å²) in [4.78, 5) is 19.2. The van der Waals surface area contributed by atoms with Crippen molar-refractivity contribution in [3.8, 4) is 0 Å². The number of thioether (sulfide) groups is 1. The smallest absolute Gasteiger partial charge is 0.234 e. The first kappa shape index (κ1) is 21.2. The molecule has 158 valence electrons. The van der Waals surface area contributed by atoms with Crippen LogP contribution in [0.25, 0.3) is 0 Å². The lowest BCUT2D eigenvalue weighted by Gasteiger charge is -2.28. The van der Waals surface area contributed by atoms with Gasteiger partial charge in [0.1, 0.15) is 0 Å². The van der Waals surface area contributed by atoms with Gasteiger partial charge in [0.25, 0.3) is 0 Å². The molecule has 4 rings (SSSR count). The van der Waals surface area contributed by atoms with Crippen LogP contribution < -0.4 is 10.2 Å². The minimum absolute atomic E-state index is 0.0534. The molecule has 2 aromatic carbocycles. The van der Waals surface area contributed by atoms with Gasteiger partial charge in [0, 0.05) is 16.4 Å². The first-order chi connectivity index (χ1) is 14.2. The number of nitrogens with one attached hydrogen (secondary N) is 1. The van der Waals surface area contributed by atoms with Crippen molar-refractivity contribution >= 4 is 55.6 Å². The molecule has 2 aliphatic rings. The Balaban J connectivity index is 1.54. The molecule has 0 spiro atoms. The molecule has 9 heteroatoms. The fourth-order valence-corrected chi connectivity index (χ4v) is 6.74. The van der Waals surface area contributed by atoms with Crippen molar-refractivity contribution < 1.29 is 13.2 Å². The van der Waals surface area contributed by atoms with E-state index in [9.17, 15) is 13.2 Å². The maximum absolute atomic E-state index is 12.4. The van der Waals surface area contributed by atoms with Gasteiger partial charge in [0.15, 0.2) is 15.0 Å². The van der Waals surface area contributed by atoms with E-state index in [4.69, 9.17) is 16.6 Å². The fourth-order valence-electron chi connectivity index (χ4n) is 3.79. The number of amides is 1. The zero-order valence-corrected chi connectivity index (χ0v) is 19.0. The molecule has 2 heterocycles. The SMILES string of the molecule is Cc1ccc(C)c(N2C(SCC(=O)Nc3cccc(Cl)c3)=N[C@H]3CS(=O)(=O)C[C@H]32)c1. The molecule has 0 bridgehead atoms. The summed E-state index contributed by atoms with van der Waals surface area (Å²) < 4.78 is 24.4. The number of aliphatic imine (C=N–C) groups is 1. The lowest BCUT2D eigenvalue weighted by atomic mass is 10.1. The number of carbonyl (C=O) groups is 1. The Morgan fingerprint density at radius 3 is 2.80 bits per heavy atom. The molecule has 1 N–H and O–H groups in total. The summed E-state index contributed by atoms with van der Waals surface area (Å²) in [6.07, 6.45) is 0. The van der Waals surface area contributed by atoms with Gasteiger partial charge in [-0.25, -0.2) is 8.42 Å². The summed E-state index contributed by atoms with van der Waals surface area (Å²) in [5.41, 5.74) is 3.71. The van der Waals surface area contributed by atoms with Gasteiger partial charge >= 0.3 is 0 Å². The van der Waals surface area contributed by atoms with Crippen LogP contribution in [0.3, 0.4) is 0 Å². The standard InChI is InChI=1S/C21H22ClN3O3S2/c1-13-6-7-14(2)18(8-13)25-19-12-30(27,28)11-17(19)24-21(25)29-10-20(26)23-16-5-3-4-15(22)9-16/h3-9,17,19H,10-12H2,1-2H3,(H,23,26)/t17-,19+/m0/s1. The summed E-state index contributed by atoms with van der Waals surface area (Å²) >= 11 is 7.30. The average molecular weight is 464 g/mol. The van der Waals surface area contributed by atoms with Crippen LogP contribution in [-0.4, -0.2) is 48.8 Å². The average Bonchev–Trinajstić information content (AvgIpc) is 3.13. The molecule has 2 aliphatic heterocycles. The van der Waals surface area contributed by atoms with Gasteiger partial charge in [-0.3, -0.25) is 9.79 Å². The number of aryl methyl sites for hydroxylation is 2. The number of hydrogen-bond acceptors (Lipinski definition) is 6. The van der Waals surface area contributed by atoms with E-state index >= 15 is 0 Å². The van der Waals surface area contributed by atoms with Crippen LogP contribution in [0, 0.1) is 13.8 Å². The second kappa shape index (κ2) is 8.24. The van der Waals surface area contributed by atoms with Crippen molar-refractivity contribution in [3.05, 3.63) is 58.6 Å². The molecular weight excluding hydrogens is 442 g/mol. The molecule has 0 unspecified atom stereocenters. The van der Waals surface area contributed by atoms with Gasteiger partial charge in [-0.15, -0.1) is 0 Å². The number of anilines is 2. The van der Waals surface area contributed by atoms with Crippen molar-refractivity contribution in [2.24, 2.45) is 4.99 Å². The molecule has 0 radical (unpaired) electrons. The highest BCUT2D eigenvalue weighted by Gasteiger charge is 2.47. The molecule has 1 fully saturated rings. The third kappa shape index (κ3) is 4.50. The lowest BCUT2D eigenvalue weighted by Crippen LogP contribution is -2.40. The summed E-state index contributed by atoms with van der Waals surface area (Å²) in [5, 5.41) is 4.07. The van der Waals surface area contributed by atoms with Crippen LogP contribution in [0.15, 0.2) is 47.5 Å². The Labute approximate surface area is 185 Å². The normalized spacial score (nSPS) is 22.0. The zero-order chi connectivity index (χ0) is 21.5. The Bertz CT molecular complexity index is 1130. The van der Waals surface area contributed by atoms with Gasteiger partial charge < -0.3 is 10.2 Å². The number of fused-ring (bicyclic) bond motifs is 1. The maximum Gasteiger partial charge on any atom is 0.234 e. The van der Waals surface area contributed by atoms with Crippen molar-refractivity contribution in [1.29, 1.82) is 0 Å². The Morgan fingerprint density at radius 1 is 1.23 bits per heavy atom. The Morgan fingerprint density at radius 2 is 2.03 bits per heavy atom. The molecular formula is C21H22ClN3O3S2. The van der Waals surface area contributed by atoms with Crippen molar-refractivity contribution in [3.63, 3.8) is 0 Å². The number of rotatable bonds is 4. The van der Waals surface area contributed by atoms with Crippen LogP contribution in [0.5, 0.6) is 0 Å². The molecule has 1 saturated heterocycles. The summed E-state index contributed by atoms with van der Waals surface area (Å²) in [5.74, 6) is 0.125. The largest absolute Gasteiger partial charge is 0.325 e. The molecule has 0 aliphatic carbocycles. The van der Waals surface area contributed by atoms with Crippen molar-refractivity contribution in [2.75, 3.05) is 27.5 Å². The van der Waals surface area contributed by atoms with E-state index in [0.717, 1.165) is 16.8 Å². The van der Waals surface area contributed by atoms with Gasteiger partial charge in [0.05, 0.1) is 29.3 Å². The van der Waals surface area contributed by atoms with Gasteiger partial charge in [-0.2, -0.15) is 0 Å². The van der Waals surface area contributed by atoms with Gasteiger partial charge in [-0.05, 0) is 49.2 Å². The minimum atomic E-state index is -3.12. The van der Waals surface area contributed by atoms with Crippen LogP contribution in [0.2, 0.25) is 5.02 Å². The Kier molecular flexibility index (Phi) is 5.83. The highest BCUT2D eigenvalue weighted by atomic mass is 35.5. The van der Waals surface area contributed by atoms with E-state index in [1.165, 1.54) is 11.8 Å². The van der Waals surface area contributed by atoms with Crippen molar-refractivity contribution in [2.45, 2.75) is 25.9 Å². The second-order valence-electron chi connectivity index (χ2n) is 7.63. The molecule has 30 heavy (non-hydrogen) atoms. The predicted octanol–water partition coefficient (Wildman–Crippen LogP) is 3.67. The monoisotopic (exact) mass is 463 g/mol. The van der Waals surface area contributed by atoms with Gasteiger partial charge in [0.2, 0.25) is 5.91 Å². The molecule has 2 atom stereocenters. The number of sulfone groups is 1. The minimum Gasteiger partial charge on any atom is -0.325 e. The molecule has 0 aromatic heterocycles. The molecule has 1 amide bonds. The fraction of sp³-hybridized carbons (Fsp3) is 0.333. The quantitative estimate of drug-likeness (QED) is 0.748. The Hall–Kier alpha value is -2.03. The number of nitrogens with zero attached hydrogens (tertiary/aromatic N) is 2.